The van der Waals surface area contributed by atoms with Gasteiger partial charge in [0.1, 0.15) is 12.6 Å². The molecule has 0 saturated carbocycles. The van der Waals surface area contributed by atoms with Crippen LogP contribution >= 0.6 is 0 Å². The van der Waals surface area contributed by atoms with Crippen LogP contribution in [-0.4, -0.2) is 61.0 Å². The van der Waals surface area contributed by atoms with Crippen molar-refractivity contribution in [1.29, 1.82) is 0 Å². The van der Waals surface area contributed by atoms with Crippen LogP contribution in [0.4, 0.5) is 0 Å². The molecule has 2 amide bonds. The maximum absolute atomic E-state index is 12.6. The maximum Gasteiger partial charge on any atom is 0.242 e. The molecule has 0 aromatic carbocycles. The molecule has 0 bridgehead atoms. The molecule has 4 rings (SSSR count). The Morgan fingerprint density at radius 1 is 1.10 bits per heavy atom. The largest absolute Gasteiger partial charge is 0.423 e. The first-order chi connectivity index (χ1) is 14.5. The molecule has 0 radical (unpaired) electrons. The van der Waals surface area contributed by atoms with Gasteiger partial charge in [0.25, 0.3) is 0 Å². The van der Waals surface area contributed by atoms with Crippen molar-refractivity contribution >= 4 is 11.8 Å². The summed E-state index contributed by atoms with van der Waals surface area (Å²) in [5.41, 5.74) is 0. The predicted molar refractivity (Wildman–Crippen MR) is 108 cm³/mol. The number of nitrogens with zero attached hydrogens (tertiary/aromatic N) is 6. The van der Waals surface area contributed by atoms with Gasteiger partial charge < -0.3 is 18.8 Å². The number of aromatic nitrogens is 4. The van der Waals surface area contributed by atoms with Gasteiger partial charge in [0.2, 0.25) is 23.6 Å². The van der Waals surface area contributed by atoms with Crippen molar-refractivity contribution < 1.29 is 14.0 Å². The third kappa shape index (κ3) is 4.39. The highest BCUT2D eigenvalue weighted by Gasteiger charge is 2.34. The van der Waals surface area contributed by atoms with Crippen molar-refractivity contribution in [3.8, 4) is 0 Å². The van der Waals surface area contributed by atoms with E-state index in [9.17, 15) is 9.59 Å². The number of amides is 2. The highest BCUT2D eigenvalue weighted by molar-refractivity contribution is 5.78. The van der Waals surface area contributed by atoms with Crippen LogP contribution in [0.3, 0.4) is 0 Å². The van der Waals surface area contributed by atoms with Crippen LogP contribution in [0, 0.1) is 5.92 Å². The Morgan fingerprint density at radius 2 is 1.87 bits per heavy atom. The average molecular weight is 415 g/mol. The van der Waals surface area contributed by atoms with Gasteiger partial charge in [-0.25, -0.2) is 4.98 Å². The fourth-order valence-electron chi connectivity index (χ4n) is 4.34. The molecule has 0 aliphatic carbocycles. The molecule has 30 heavy (non-hydrogen) atoms. The highest BCUT2D eigenvalue weighted by Crippen LogP contribution is 2.34. The lowest BCUT2D eigenvalue weighted by Crippen LogP contribution is -2.40. The number of piperidine rings is 2. The Labute approximate surface area is 176 Å². The van der Waals surface area contributed by atoms with Gasteiger partial charge >= 0.3 is 0 Å². The van der Waals surface area contributed by atoms with E-state index >= 15 is 0 Å². The van der Waals surface area contributed by atoms with Crippen molar-refractivity contribution in [2.24, 2.45) is 5.92 Å². The Bertz CT molecular complexity index is 854. The molecular formula is C21H30N6O3. The molecule has 2 fully saturated rings. The van der Waals surface area contributed by atoms with Gasteiger partial charge in [-0.2, -0.15) is 0 Å². The van der Waals surface area contributed by atoms with E-state index in [4.69, 9.17) is 4.42 Å². The summed E-state index contributed by atoms with van der Waals surface area (Å²) in [5, 5.41) is 8.62. The second-order valence-corrected chi connectivity index (χ2v) is 8.57. The highest BCUT2D eigenvalue weighted by atomic mass is 16.4. The van der Waals surface area contributed by atoms with E-state index in [0.717, 1.165) is 38.6 Å². The average Bonchev–Trinajstić information content (AvgIpc) is 3.45. The summed E-state index contributed by atoms with van der Waals surface area (Å²) in [6.07, 6.45) is 9.67. The van der Waals surface area contributed by atoms with E-state index in [0.29, 0.717) is 31.4 Å². The number of likely N-dealkylation sites (tertiary alicyclic amines) is 2. The third-order valence-electron chi connectivity index (χ3n) is 6.10. The minimum Gasteiger partial charge on any atom is -0.423 e. The van der Waals surface area contributed by atoms with Gasteiger partial charge in [-0.05, 0) is 32.1 Å². The van der Waals surface area contributed by atoms with Gasteiger partial charge in [0.15, 0.2) is 0 Å². The zero-order valence-electron chi connectivity index (χ0n) is 17.7. The maximum atomic E-state index is 12.6. The summed E-state index contributed by atoms with van der Waals surface area (Å²) in [5.74, 6) is 1.54. The molecule has 2 aliphatic rings. The molecule has 9 heteroatoms. The quantitative estimate of drug-likeness (QED) is 0.745. The molecule has 0 spiro atoms. The predicted octanol–water partition coefficient (Wildman–Crippen LogP) is 2.38. The fraction of sp³-hybridized carbons (Fsp3) is 0.667. The van der Waals surface area contributed by atoms with Crippen LogP contribution in [0.1, 0.15) is 69.7 Å². The SMILES string of the molecule is CC(C)C(=O)N1CCCC[C@H]1c1nnc(C2CCN(C(=O)Cn3ccnc3)CC2)o1. The molecular weight excluding hydrogens is 384 g/mol. The Morgan fingerprint density at radius 3 is 2.57 bits per heavy atom. The van der Waals surface area contributed by atoms with Gasteiger partial charge in [0.05, 0.1) is 6.33 Å². The monoisotopic (exact) mass is 414 g/mol. The minimum atomic E-state index is -0.119. The molecule has 4 heterocycles. The summed E-state index contributed by atoms with van der Waals surface area (Å²) < 4.78 is 7.86. The van der Waals surface area contributed by atoms with Crippen LogP contribution in [-0.2, 0) is 16.1 Å². The van der Waals surface area contributed by atoms with Gasteiger partial charge in [-0.15, -0.1) is 10.2 Å². The lowest BCUT2D eigenvalue weighted by molar-refractivity contribution is -0.139. The van der Waals surface area contributed by atoms with Gasteiger partial charge in [-0.1, -0.05) is 13.8 Å². The molecule has 1 atom stereocenters. The van der Waals surface area contributed by atoms with Gasteiger partial charge in [-0.3, -0.25) is 9.59 Å². The lowest BCUT2D eigenvalue weighted by atomic mass is 9.96. The van der Waals surface area contributed by atoms with Crippen molar-refractivity contribution in [3.63, 3.8) is 0 Å². The molecule has 2 saturated heterocycles. The van der Waals surface area contributed by atoms with E-state index in [1.165, 1.54) is 0 Å². The number of imidazole rings is 1. The fourth-order valence-corrected chi connectivity index (χ4v) is 4.34. The van der Waals surface area contributed by atoms with Crippen LogP contribution in [0.2, 0.25) is 0 Å². The number of carbonyl (C=O) groups excluding carboxylic acids is 2. The van der Waals surface area contributed by atoms with Crippen LogP contribution in [0.15, 0.2) is 23.1 Å². The molecule has 9 nitrogen and oxygen atoms in total. The Balaban J connectivity index is 1.36. The number of hydrogen-bond acceptors (Lipinski definition) is 6. The normalized spacial score (nSPS) is 20.7. The van der Waals surface area contributed by atoms with E-state index < -0.39 is 0 Å². The first-order valence-electron chi connectivity index (χ1n) is 10.9. The lowest BCUT2D eigenvalue weighted by Gasteiger charge is -2.34. The summed E-state index contributed by atoms with van der Waals surface area (Å²) in [6, 6.07) is -0.119. The van der Waals surface area contributed by atoms with Crippen molar-refractivity contribution in [3.05, 3.63) is 30.5 Å². The smallest absolute Gasteiger partial charge is 0.242 e. The number of hydrogen-bond donors (Lipinski definition) is 0. The van der Waals surface area contributed by atoms with E-state index in [-0.39, 0.29) is 29.7 Å². The van der Waals surface area contributed by atoms with Crippen LogP contribution < -0.4 is 0 Å². The Kier molecular flexibility index (Phi) is 6.15. The summed E-state index contributed by atoms with van der Waals surface area (Å²) in [4.78, 5) is 32.8. The third-order valence-corrected chi connectivity index (χ3v) is 6.10. The minimum absolute atomic E-state index is 0.0443. The van der Waals surface area contributed by atoms with E-state index in [2.05, 4.69) is 15.2 Å². The number of carbonyl (C=O) groups is 2. The molecule has 2 aromatic rings. The topological polar surface area (TPSA) is 97.4 Å². The summed E-state index contributed by atoms with van der Waals surface area (Å²) in [6.45, 7) is 6.27. The van der Waals surface area contributed by atoms with Crippen molar-refractivity contribution in [2.45, 2.75) is 64.5 Å². The molecule has 162 valence electrons. The van der Waals surface area contributed by atoms with Crippen LogP contribution in [0.5, 0.6) is 0 Å². The molecule has 2 aromatic heterocycles. The second-order valence-electron chi connectivity index (χ2n) is 8.57. The van der Waals surface area contributed by atoms with Crippen molar-refractivity contribution in [1.82, 2.24) is 29.5 Å². The van der Waals surface area contributed by atoms with Crippen LogP contribution in [0.25, 0.3) is 0 Å². The Hall–Kier alpha value is -2.71. The molecule has 0 N–H and O–H groups in total. The summed E-state index contributed by atoms with van der Waals surface area (Å²) in [7, 11) is 0. The number of rotatable bonds is 5. The zero-order valence-corrected chi connectivity index (χ0v) is 17.7. The molecule has 0 unspecified atom stereocenters. The van der Waals surface area contributed by atoms with Gasteiger partial charge in [0, 0.05) is 43.9 Å². The first-order valence-corrected chi connectivity index (χ1v) is 10.9. The van der Waals surface area contributed by atoms with E-state index in [1.807, 2.05) is 23.6 Å². The molecule has 2 aliphatic heterocycles. The second kappa shape index (κ2) is 8.97. The summed E-state index contributed by atoms with van der Waals surface area (Å²) >= 11 is 0. The first kappa shape index (κ1) is 20.6. The zero-order chi connectivity index (χ0) is 21.1. The van der Waals surface area contributed by atoms with E-state index in [1.54, 1.807) is 23.3 Å². The standard InChI is InChI=1S/C21H30N6O3/c1-15(2)21(29)27-9-4-3-5-17(27)20-24-23-19(30-20)16-6-10-26(11-7-16)18(28)13-25-12-8-22-14-25/h8,12,14-17H,3-7,9-11,13H2,1-2H3/t17-/m0/s1. The van der Waals surface area contributed by atoms with Crippen molar-refractivity contribution in [2.75, 3.05) is 19.6 Å².